The van der Waals surface area contributed by atoms with Gasteiger partial charge in [-0.3, -0.25) is 4.79 Å². The Labute approximate surface area is 118 Å². The molecule has 1 aliphatic rings. The zero-order chi connectivity index (χ0) is 13.9. The van der Waals surface area contributed by atoms with E-state index in [0.29, 0.717) is 0 Å². The number of fused-ring (bicyclic) bond motifs is 1. The van der Waals surface area contributed by atoms with Crippen molar-refractivity contribution < 1.29 is 14.3 Å². The number of rotatable bonds is 3. The first kappa shape index (κ1) is 13.1. The summed E-state index contributed by atoms with van der Waals surface area (Å²) >= 11 is 0. The molecule has 0 aliphatic carbocycles. The molecular weight excluding hydrogens is 252 g/mol. The largest absolute Gasteiger partial charge is 0.468 e. The van der Waals surface area contributed by atoms with E-state index in [0.717, 1.165) is 30.4 Å². The molecule has 0 amide bonds. The predicted molar refractivity (Wildman–Crippen MR) is 77.7 cm³/mol. The summed E-state index contributed by atoms with van der Waals surface area (Å²) < 4.78 is 10.7. The van der Waals surface area contributed by atoms with E-state index >= 15 is 0 Å². The lowest BCUT2D eigenvalue weighted by molar-refractivity contribution is -0.145. The van der Waals surface area contributed by atoms with Gasteiger partial charge in [-0.2, -0.15) is 0 Å². The summed E-state index contributed by atoms with van der Waals surface area (Å²) in [5.41, 5.74) is 0.974. The molecule has 2 aromatic carbocycles. The van der Waals surface area contributed by atoms with Crippen molar-refractivity contribution in [3.8, 4) is 0 Å². The van der Waals surface area contributed by atoms with E-state index < -0.39 is 0 Å². The van der Waals surface area contributed by atoms with Gasteiger partial charge in [-0.25, -0.2) is 0 Å². The molecule has 0 bridgehead atoms. The fourth-order valence-electron chi connectivity index (χ4n) is 2.90. The normalized spacial score (nSPS) is 19.9. The van der Waals surface area contributed by atoms with Gasteiger partial charge in [0.2, 0.25) is 0 Å². The van der Waals surface area contributed by atoms with Crippen LogP contribution in [0.1, 0.15) is 24.3 Å². The molecule has 1 heterocycles. The highest BCUT2D eigenvalue weighted by atomic mass is 16.5. The van der Waals surface area contributed by atoms with Crippen LogP contribution in [0.3, 0.4) is 0 Å². The van der Waals surface area contributed by atoms with Crippen LogP contribution in [0, 0.1) is 0 Å². The van der Waals surface area contributed by atoms with Crippen LogP contribution in [0.4, 0.5) is 0 Å². The number of hydrogen-bond donors (Lipinski definition) is 0. The van der Waals surface area contributed by atoms with Gasteiger partial charge in [-0.1, -0.05) is 42.5 Å². The third kappa shape index (κ3) is 2.41. The van der Waals surface area contributed by atoms with Gasteiger partial charge in [0.05, 0.1) is 13.2 Å². The van der Waals surface area contributed by atoms with Crippen molar-refractivity contribution in [1.29, 1.82) is 0 Å². The Morgan fingerprint density at radius 3 is 2.75 bits per heavy atom. The number of methoxy groups -OCH3 is 1. The standard InChI is InChI=1S/C17H18O3/c1-19-17(18)16(15-7-4-10-20-15)14-9-8-12-5-2-3-6-13(12)11-14/h2-3,5-6,8-9,11,15-16H,4,7,10H2,1H3/t15-,16-/m1/s1. The molecule has 3 nitrogen and oxygen atoms in total. The van der Waals surface area contributed by atoms with Crippen molar-refractivity contribution in [2.45, 2.75) is 24.9 Å². The number of carbonyl (C=O) groups excluding carboxylic acids is 1. The van der Waals surface area contributed by atoms with Gasteiger partial charge in [0.15, 0.2) is 0 Å². The highest BCUT2D eigenvalue weighted by Crippen LogP contribution is 2.31. The molecule has 3 heteroatoms. The molecule has 0 N–H and O–H groups in total. The summed E-state index contributed by atoms with van der Waals surface area (Å²) in [6.07, 6.45) is 1.85. The first-order valence-corrected chi connectivity index (χ1v) is 6.98. The summed E-state index contributed by atoms with van der Waals surface area (Å²) in [4.78, 5) is 12.1. The van der Waals surface area contributed by atoms with Gasteiger partial charge in [-0.05, 0) is 29.2 Å². The van der Waals surface area contributed by atoms with Gasteiger partial charge >= 0.3 is 5.97 Å². The SMILES string of the molecule is COC(=O)[C@H](c1ccc2ccccc2c1)[C@H]1CCCO1. The van der Waals surface area contributed by atoms with E-state index in [1.807, 2.05) is 18.2 Å². The average molecular weight is 270 g/mol. The van der Waals surface area contributed by atoms with Gasteiger partial charge in [0.1, 0.15) is 5.92 Å². The highest BCUT2D eigenvalue weighted by Gasteiger charge is 2.33. The second-order valence-corrected chi connectivity index (χ2v) is 5.16. The van der Waals surface area contributed by atoms with Gasteiger partial charge in [0.25, 0.3) is 0 Å². The molecule has 0 spiro atoms. The predicted octanol–water partition coefficient (Wildman–Crippen LogP) is 3.28. The van der Waals surface area contributed by atoms with Crippen LogP contribution in [0.15, 0.2) is 42.5 Å². The van der Waals surface area contributed by atoms with Crippen LogP contribution < -0.4 is 0 Å². The number of hydrogen-bond acceptors (Lipinski definition) is 3. The maximum Gasteiger partial charge on any atom is 0.315 e. The molecule has 1 fully saturated rings. The first-order chi connectivity index (χ1) is 9.79. The van der Waals surface area contributed by atoms with Crippen molar-refractivity contribution in [2.75, 3.05) is 13.7 Å². The Balaban J connectivity index is 2.01. The second-order valence-electron chi connectivity index (χ2n) is 5.16. The Morgan fingerprint density at radius 1 is 1.25 bits per heavy atom. The summed E-state index contributed by atoms with van der Waals surface area (Å²) in [6, 6.07) is 14.3. The van der Waals surface area contributed by atoms with Crippen LogP contribution in [0.25, 0.3) is 10.8 Å². The van der Waals surface area contributed by atoms with E-state index in [1.165, 1.54) is 12.5 Å². The monoisotopic (exact) mass is 270 g/mol. The Hall–Kier alpha value is -1.87. The van der Waals surface area contributed by atoms with Crippen LogP contribution in [0.2, 0.25) is 0 Å². The van der Waals surface area contributed by atoms with Crippen LogP contribution in [0.5, 0.6) is 0 Å². The highest BCUT2D eigenvalue weighted by molar-refractivity contribution is 5.86. The van der Waals surface area contributed by atoms with Crippen molar-refractivity contribution >= 4 is 16.7 Å². The first-order valence-electron chi connectivity index (χ1n) is 6.98. The lowest BCUT2D eigenvalue weighted by Gasteiger charge is -2.21. The average Bonchev–Trinajstić information content (AvgIpc) is 3.01. The van der Waals surface area contributed by atoms with Crippen molar-refractivity contribution in [1.82, 2.24) is 0 Å². The molecule has 0 radical (unpaired) electrons. The molecule has 2 aromatic rings. The number of carbonyl (C=O) groups is 1. The summed E-state index contributed by atoms with van der Waals surface area (Å²) in [7, 11) is 1.44. The minimum atomic E-state index is -0.327. The van der Waals surface area contributed by atoms with E-state index in [-0.39, 0.29) is 18.0 Å². The quantitative estimate of drug-likeness (QED) is 0.803. The minimum absolute atomic E-state index is 0.0661. The maximum absolute atomic E-state index is 12.1. The summed E-state index contributed by atoms with van der Waals surface area (Å²) in [5, 5.41) is 2.31. The van der Waals surface area contributed by atoms with Crippen LogP contribution in [-0.4, -0.2) is 25.8 Å². The van der Waals surface area contributed by atoms with Crippen LogP contribution in [-0.2, 0) is 14.3 Å². The van der Waals surface area contributed by atoms with Crippen molar-refractivity contribution in [3.05, 3.63) is 48.0 Å². The molecular formula is C17H18O3. The molecule has 1 saturated heterocycles. The third-order valence-corrected chi connectivity index (χ3v) is 3.92. The zero-order valence-electron chi connectivity index (χ0n) is 11.5. The maximum atomic E-state index is 12.1. The molecule has 0 unspecified atom stereocenters. The van der Waals surface area contributed by atoms with Gasteiger partial charge in [0, 0.05) is 6.61 Å². The Bertz CT molecular complexity index is 614. The zero-order valence-corrected chi connectivity index (χ0v) is 11.5. The van der Waals surface area contributed by atoms with Gasteiger partial charge in [-0.15, -0.1) is 0 Å². The number of benzene rings is 2. The molecule has 1 aliphatic heterocycles. The molecule has 104 valence electrons. The second kappa shape index (κ2) is 5.63. The Morgan fingerprint density at radius 2 is 2.05 bits per heavy atom. The number of ether oxygens (including phenoxy) is 2. The summed E-state index contributed by atoms with van der Waals surface area (Å²) in [5.74, 6) is -0.542. The molecule has 2 atom stereocenters. The van der Waals surface area contributed by atoms with E-state index in [2.05, 4.69) is 24.3 Å². The van der Waals surface area contributed by atoms with E-state index in [1.54, 1.807) is 0 Å². The topological polar surface area (TPSA) is 35.5 Å². The van der Waals surface area contributed by atoms with Crippen molar-refractivity contribution in [2.24, 2.45) is 0 Å². The molecule has 20 heavy (non-hydrogen) atoms. The van der Waals surface area contributed by atoms with E-state index in [9.17, 15) is 4.79 Å². The smallest absolute Gasteiger partial charge is 0.315 e. The fraction of sp³-hybridized carbons (Fsp3) is 0.353. The molecule has 0 aromatic heterocycles. The Kier molecular flexibility index (Phi) is 3.70. The number of esters is 1. The third-order valence-electron chi connectivity index (χ3n) is 3.92. The fourth-order valence-corrected chi connectivity index (χ4v) is 2.90. The summed E-state index contributed by atoms with van der Waals surface area (Å²) in [6.45, 7) is 0.728. The van der Waals surface area contributed by atoms with Gasteiger partial charge < -0.3 is 9.47 Å². The lowest BCUT2D eigenvalue weighted by Crippen LogP contribution is -2.26. The molecule has 3 rings (SSSR count). The van der Waals surface area contributed by atoms with E-state index in [4.69, 9.17) is 9.47 Å². The molecule has 0 saturated carbocycles. The van der Waals surface area contributed by atoms with Crippen molar-refractivity contribution in [3.63, 3.8) is 0 Å². The lowest BCUT2D eigenvalue weighted by atomic mass is 9.90. The minimum Gasteiger partial charge on any atom is -0.468 e. The van der Waals surface area contributed by atoms with Crippen LogP contribution >= 0.6 is 0 Å².